The Labute approximate surface area is 199 Å². The number of likely N-dealkylation sites (N-methyl/N-ethyl adjacent to an activating group) is 1. The average Bonchev–Trinajstić information content (AvgIpc) is 3.25. The molecule has 34 heavy (non-hydrogen) atoms. The van der Waals surface area contributed by atoms with E-state index in [4.69, 9.17) is 9.94 Å². The van der Waals surface area contributed by atoms with Crippen LogP contribution in [0, 0.1) is 5.13 Å². The van der Waals surface area contributed by atoms with Crippen LogP contribution in [-0.4, -0.2) is 64.1 Å². The Balaban J connectivity index is 1.87. The number of sulfonamides is 1. The molecule has 2 heterocycles. The first-order valence-corrected chi connectivity index (χ1v) is 12.2. The van der Waals surface area contributed by atoms with Gasteiger partial charge in [0.1, 0.15) is 0 Å². The second kappa shape index (κ2) is 11.7. The van der Waals surface area contributed by atoms with E-state index >= 15 is 0 Å². The van der Waals surface area contributed by atoms with Crippen molar-refractivity contribution in [2.75, 3.05) is 25.0 Å². The van der Waals surface area contributed by atoms with Gasteiger partial charge in [-0.05, 0) is 18.2 Å². The summed E-state index contributed by atoms with van der Waals surface area (Å²) < 4.78 is 39.9. The maximum Gasteiger partial charge on any atom is 0.280 e. The van der Waals surface area contributed by atoms with Crippen molar-refractivity contribution in [1.82, 2.24) is 19.3 Å². The van der Waals surface area contributed by atoms with Crippen molar-refractivity contribution in [3.05, 3.63) is 65.4 Å². The molecule has 180 valence electrons. The summed E-state index contributed by atoms with van der Waals surface area (Å²) >= 11 is 0.635. The number of aliphatic hydroxyl groups is 1. The lowest BCUT2D eigenvalue weighted by Gasteiger charge is -2.19. The molecule has 0 radical (unpaired) electrons. The van der Waals surface area contributed by atoms with E-state index in [-0.39, 0.29) is 47.6 Å². The molecular weight excluding hydrogens is 487 g/mol. The molecule has 0 spiro atoms. The lowest BCUT2D eigenvalue weighted by Crippen LogP contribution is -2.33. The number of thiazole rings is 1. The number of amides is 1. The highest BCUT2D eigenvalue weighted by Gasteiger charge is 2.24. The van der Waals surface area contributed by atoms with Crippen LogP contribution in [0.4, 0.5) is 9.52 Å². The minimum Gasteiger partial charge on any atom is -0.395 e. The lowest BCUT2D eigenvalue weighted by molar-refractivity contribution is -0.110. The van der Waals surface area contributed by atoms with Crippen LogP contribution < -0.4 is 5.32 Å². The van der Waals surface area contributed by atoms with Gasteiger partial charge in [-0.2, -0.15) is 8.70 Å². The molecule has 0 saturated heterocycles. The Hall–Kier alpha value is -3.33. The third-order valence-corrected chi connectivity index (χ3v) is 7.04. The first-order valence-electron chi connectivity index (χ1n) is 9.95. The van der Waals surface area contributed by atoms with Crippen molar-refractivity contribution in [2.24, 2.45) is 5.16 Å². The number of hydrogen-bond donors (Lipinski definition) is 2. The molecule has 0 atom stereocenters. The maximum absolute atomic E-state index is 13.3. The van der Waals surface area contributed by atoms with Crippen LogP contribution in [0.15, 0.2) is 59.0 Å². The number of hydrogen-bond acceptors (Lipinski definition) is 10. The number of aromatic nitrogens is 3. The highest BCUT2D eigenvalue weighted by molar-refractivity contribution is 7.89. The van der Waals surface area contributed by atoms with E-state index in [2.05, 4.69) is 25.4 Å². The zero-order chi connectivity index (χ0) is 24.6. The molecule has 3 aromatic rings. The molecule has 0 saturated carbocycles. The van der Waals surface area contributed by atoms with Gasteiger partial charge in [-0.25, -0.2) is 23.4 Å². The molecule has 11 nitrogen and oxygen atoms in total. The van der Waals surface area contributed by atoms with Crippen molar-refractivity contribution in [2.45, 2.75) is 18.4 Å². The number of benzene rings is 1. The van der Waals surface area contributed by atoms with Crippen molar-refractivity contribution in [3.8, 4) is 0 Å². The van der Waals surface area contributed by atoms with E-state index < -0.39 is 21.1 Å². The molecule has 2 N–H and O–H groups in total. The average molecular weight is 509 g/mol. The SMILES string of the molecule is CCN(CCO)S(=O)(=O)c1ccc(C(=NOCc2ncccn2)C(=O)Nc2ncc(F)s2)cc1. The Morgan fingerprint density at radius 2 is 1.94 bits per heavy atom. The second-order valence-electron chi connectivity index (χ2n) is 6.55. The van der Waals surface area contributed by atoms with Crippen LogP contribution in [0.1, 0.15) is 18.3 Å². The van der Waals surface area contributed by atoms with Gasteiger partial charge in [0.15, 0.2) is 28.4 Å². The second-order valence-corrected chi connectivity index (χ2v) is 9.47. The van der Waals surface area contributed by atoms with Crippen LogP contribution in [0.5, 0.6) is 0 Å². The fraction of sp³-hybridized carbons (Fsp3) is 0.250. The summed E-state index contributed by atoms with van der Waals surface area (Å²) in [5.41, 5.74) is 0.0471. The van der Waals surface area contributed by atoms with Gasteiger partial charge >= 0.3 is 0 Å². The van der Waals surface area contributed by atoms with Crippen molar-refractivity contribution < 1.29 is 27.5 Å². The molecular formula is C20H21FN6O5S2. The summed E-state index contributed by atoms with van der Waals surface area (Å²) in [6.07, 6.45) is 4.01. The van der Waals surface area contributed by atoms with Gasteiger partial charge in [0, 0.05) is 31.0 Å². The van der Waals surface area contributed by atoms with Crippen LogP contribution >= 0.6 is 11.3 Å². The molecule has 2 aromatic heterocycles. The smallest absolute Gasteiger partial charge is 0.280 e. The van der Waals surface area contributed by atoms with Crippen LogP contribution in [0.3, 0.4) is 0 Å². The highest BCUT2D eigenvalue weighted by atomic mass is 32.2. The van der Waals surface area contributed by atoms with Crippen LogP contribution in [0.25, 0.3) is 0 Å². The topological polar surface area (TPSA) is 147 Å². The van der Waals surface area contributed by atoms with E-state index in [0.29, 0.717) is 17.2 Å². The Bertz CT molecular complexity index is 1240. The Kier molecular flexibility index (Phi) is 8.70. The molecule has 0 aliphatic carbocycles. The third kappa shape index (κ3) is 6.38. The number of rotatable bonds is 11. The first kappa shape index (κ1) is 25.3. The standard InChI is InChI=1S/C20H21FN6O5S2/c1-2-27(10-11-28)34(30,31)15-6-4-14(5-7-15)18(19(29)25-20-24-12-16(21)33-20)26-32-13-17-22-8-3-9-23-17/h3-9,12,28H,2,10-11,13H2,1H3,(H,24,25,29). The predicted molar refractivity (Wildman–Crippen MR) is 122 cm³/mol. The van der Waals surface area contributed by atoms with E-state index in [1.54, 1.807) is 13.0 Å². The van der Waals surface area contributed by atoms with Crippen molar-refractivity contribution >= 4 is 38.1 Å². The normalized spacial score (nSPS) is 12.1. The molecule has 3 rings (SSSR count). The molecule has 0 unspecified atom stereocenters. The first-order chi connectivity index (χ1) is 16.3. The third-order valence-electron chi connectivity index (χ3n) is 4.35. The van der Waals surface area contributed by atoms with E-state index in [0.717, 1.165) is 10.5 Å². The van der Waals surface area contributed by atoms with Crippen molar-refractivity contribution in [3.63, 3.8) is 0 Å². The van der Waals surface area contributed by atoms with Gasteiger partial charge in [0.2, 0.25) is 10.0 Å². The van der Waals surface area contributed by atoms with Crippen LogP contribution in [0.2, 0.25) is 0 Å². The van der Waals surface area contributed by atoms with Gasteiger partial charge in [-0.1, -0.05) is 35.5 Å². The fourth-order valence-electron chi connectivity index (χ4n) is 2.75. The van der Waals surface area contributed by atoms with Gasteiger partial charge in [0.05, 0.1) is 17.7 Å². The minimum absolute atomic E-state index is 0.0170. The van der Waals surface area contributed by atoms with E-state index in [1.165, 1.54) is 36.7 Å². The highest BCUT2D eigenvalue weighted by Crippen LogP contribution is 2.19. The van der Waals surface area contributed by atoms with E-state index in [1.807, 2.05) is 0 Å². The summed E-state index contributed by atoms with van der Waals surface area (Å²) in [4.78, 5) is 29.8. The minimum atomic E-state index is -3.84. The molecule has 0 fully saturated rings. The monoisotopic (exact) mass is 508 g/mol. The molecule has 1 aromatic carbocycles. The summed E-state index contributed by atoms with van der Waals surface area (Å²) in [7, 11) is -3.84. The maximum atomic E-state index is 13.3. The molecule has 0 aliphatic rings. The Morgan fingerprint density at radius 1 is 1.24 bits per heavy atom. The number of anilines is 1. The summed E-state index contributed by atoms with van der Waals surface area (Å²) in [5, 5.41) is 14.9. The zero-order valence-electron chi connectivity index (χ0n) is 18.0. The number of aliphatic hydroxyl groups excluding tert-OH is 1. The lowest BCUT2D eigenvalue weighted by atomic mass is 10.1. The summed E-state index contributed by atoms with van der Waals surface area (Å²) in [6, 6.07) is 7.05. The van der Waals surface area contributed by atoms with Gasteiger partial charge in [0.25, 0.3) is 5.91 Å². The number of nitrogens with one attached hydrogen (secondary N) is 1. The molecule has 1 amide bonds. The number of halogens is 1. The number of nitrogens with zero attached hydrogens (tertiary/aromatic N) is 5. The van der Waals surface area contributed by atoms with Crippen molar-refractivity contribution in [1.29, 1.82) is 0 Å². The van der Waals surface area contributed by atoms with Gasteiger partial charge in [-0.15, -0.1) is 0 Å². The predicted octanol–water partition coefficient (Wildman–Crippen LogP) is 1.63. The quantitative estimate of drug-likeness (QED) is 0.293. The molecule has 0 aliphatic heterocycles. The Morgan fingerprint density at radius 3 is 2.53 bits per heavy atom. The van der Waals surface area contributed by atoms with Gasteiger partial charge < -0.3 is 9.94 Å². The molecule has 14 heteroatoms. The molecule has 0 bridgehead atoms. The van der Waals surface area contributed by atoms with E-state index in [9.17, 15) is 17.6 Å². The fourth-order valence-corrected chi connectivity index (χ4v) is 4.73. The summed E-state index contributed by atoms with van der Waals surface area (Å²) in [6.45, 7) is 1.35. The van der Waals surface area contributed by atoms with Crippen LogP contribution in [-0.2, 0) is 26.3 Å². The number of carbonyl (C=O) groups is 1. The van der Waals surface area contributed by atoms with Gasteiger partial charge in [-0.3, -0.25) is 10.1 Å². The largest absolute Gasteiger partial charge is 0.395 e. The number of oxime groups is 1. The zero-order valence-corrected chi connectivity index (χ0v) is 19.6. The number of carbonyl (C=O) groups excluding carboxylic acids is 1. The summed E-state index contributed by atoms with van der Waals surface area (Å²) in [5.74, 6) is -0.410.